The van der Waals surface area contributed by atoms with Crippen molar-refractivity contribution in [3.05, 3.63) is 65.9 Å². The Labute approximate surface area is 157 Å². The van der Waals surface area contributed by atoms with Crippen LogP contribution in [0.15, 0.2) is 54.6 Å². The predicted octanol–water partition coefficient (Wildman–Crippen LogP) is 4.98. The summed E-state index contributed by atoms with van der Waals surface area (Å²) in [6, 6.07) is 18.5. The van der Waals surface area contributed by atoms with Crippen molar-refractivity contribution in [2.75, 3.05) is 6.61 Å². The van der Waals surface area contributed by atoms with Crippen molar-refractivity contribution in [3.63, 3.8) is 0 Å². The van der Waals surface area contributed by atoms with E-state index in [1.807, 2.05) is 43.3 Å². The van der Waals surface area contributed by atoms with E-state index in [1.54, 1.807) is 0 Å². The number of nitrogens with zero attached hydrogens (tertiary/aromatic N) is 2. The number of aryl methyl sites for hydroxylation is 2. The van der Waals surface area contributed by atoms with Crippen molar-refractivity contribution in [3.8, 4) is 11.3 Å². The van der Waals surface area contributed by atoms with Crippen LogP contribution in [0.5, 0.6) is 0 Å². The molecule has 0 fully saturated rings. The second-order valence-corrected chi connectivity index (χ2v) is 6.91. The zero-order valence-corrected chi connectivity index (χ0v) is 15.2. The van der Waals surface area contributed by atoms with E-state index in [9.17, 15) is 4.79 Å². The van der Waals surface area contributed by atoms with E-state index in [4.69, 9.17) is 9.72 Å². The van der Waals surface area contributed by atoms with Crippen molar-refractivity contribution in [2.24, 2.45) is 0 Å². The monoisotopic (exact) mass is 356 g/mol. The number of rotatable bonds is 3. The third kappa shape index (κ3) is 2.44. The Bertz CT molecular complexity index is 1180. The van der Waals surface area contributed by atoms with Gasteiger partial charge in [0.05, 0.1) is 23.3 Å². The Morgan fingerprint density at radius 1 is 1.07 bits per heavy atom. The number of hydrogen-bond acceptors (Lipinski definition) is 3. The standard InChI is InChI=1S/C23H20N2O2/c1-2-27-23(26)19-14-18-17-12-6-10-16-11-7-13-25(21(16)17)22(18)20(24-19)15-8-4-3-5-9-15/h3-6,8-10,12,14H,2,7,11,13H2,1H3. The number of ether oxygens (including phenoxy) is 1. The van der Waals surface area contributed by atoms with Gasteiger partial charge >= 0.3 is 5.97 Å². The number of hydrogen-bond donors (Lipinski definition) is 0. The molecule has 0 spiro atoms. The summed E-state index contributed by atoms with van der Waals surface area (Å²) in [7, 11) is 0. The smallest absolute Gasteiger partial charge is 0.356 e. The molecule has 0 saturated heterocycles. The van der Waals surface area contributed by atoms with Gasteiger partial charge in [0.2, 0.25) is 0 Å². The predicted molar refractivity (Wildman–Crippen MR) is 107 cm³/mol. The summed E-state index contributed by atoms with van der Waals surface area (Å²) < 4.78 is 7.62. The number of fused-ring (bicyclic) bond motifs is 3. The number of carbonyl (C=O) groups is 1. The molecular weight excluding hydrogens is 336 g/mol. The van der Waals surface area contributed by atoms with Gasteiger partial charge in [-0.3, -0.25) is 0 Å². The molecule has 0 bridgehead atoms. The van der Waals surface area contributed by atoms with Gasteiger partial charge in [-0.15, -0.1) is 0 Å². The van der Waals surface area contributed by atoms with Crippen molar-refractivity contribution >= 4 is 27.8 Å². The lowest BCUT2D eigenvalue weighted by Crippen LogP contribution is -2.10. The van der Waals surface area contributed by atoms with Crippen LogP contribution in [0.3, 0.4) is 0 Å². The Morgan fingerprint density at radius 2 is 1.93 bits per heavy atom. The summed E-state index contributed by atoms with van der Waals surface area (Å²) in [5.74, 6) is -0.372. The average Bonchev–Trinajstić information content (AvgIpc) is 3.04. The molecule has 1 aliphatic heterocycles. The van der Waals surface area contributed by atoms with E-state index in [0.717, 1.165) is 41.5 Å². The molecule has 2 aromatic carbocycles. The van der Waals surface area contributed by atoms with Gasteiger partial charge in [-0.05, 0) is 31.4 Å². The van der Waals surface area contributed by atoms with Crippen LogP contribution in [0, 0.1) is 0 Å². The zero-order valence-electron chi connectivity index (χ0n) is 15.2. The van der Waals surface area contributed by atoms with Gasteiger partial charge in [0.1, 0.15) is 5.69 Å². The number of pyridine rings is 1. The molecule has 4 aromatic rings. The van der Waals surface area contributed by atoms with Crippen LogP contribution in [0.4, 0.5) is 0 Å². The molecule has 2 aromatic heterocycles. The third-order valence-electron chi connectivity index (χ3n) is 5.30. The number of esters is 1. The minimum Gasteiger partial charge on any atom is -0.461 e. The highest BCUT2D eigenvalue weighted by molar-refractivity contribution is 6.14. The van der Waals surface area contributed by atoms with Crippen LogP contribution in [0.2, 0.25) is 0 Å². The van der Waals surface area contributed by atoms with Crippen LogP contribution in [-0.2, 0) is 17.7 Å². The van der Waals surface area contributed by atoms with Gasteiger partial charge in [-0.2, -0.15) is 0 Å². The van der Waals surface area contributed by atoms with E-state index in [2.05, 4.69) is 22.8 Å². The first-order valence-electron chi connectivity index (χ1n) is 9.45. The normalized spacial score (nSPS) is 13.2. The summed E-state index contributed by atoms with van der Waals surface area (Å²) in [6.45, 7) is 3.12. The van der Waals surface area contributed by atoms with Gasteiger partial charge < -0.3 is 9.30 Å². The summed E-state index contributed by atoms with van der Waals surface area (Å²) in [4.78, 5) is 17.2. The number of carbonyl (C=O) groups excluding carboxylic acids is 1. The first-order chi connectivity index (χ1) is 13.3. The van der Waals surface area contributed by atoms with Crippen molar-refractivity contribution < 1.29 is 9.53 Å². The first-order valence-corrected chi connectivity index (χ1v) is 9.45. The maximum absolute atomic E-state index is 12.5. The Balaban J connectivity index is 1.92. The molecule has 0 aliphatic carbocycles. The molecule has 1 aliphatic rings. The molecule has 4 nitrogen and oxygen atoms in total. The second-order valence-electron chi connectivity index (χ2n) is 6.91. The SMILES string of the molecule is CCOC(=O)c1cc2c3cccc4c3n(c2c(-c2ccccc2)n1)CCC4. The van der Waals surface area contributed by atoms with Crippen LogP contribution >= 0.6 is 0 Å². The highest BCUT2D eigenvalue weighted by atomic mass is 16.5. The molecule has 0 atom stereocenters. The van der Waals surface area contributed by atoms with E-state index in [0.29, 0.717) is 12.3 Å². The fraction of sp³-hybridized carbons (Fsp3) is 0.217. The topological polar surface area (TPSA) is 44.1 Å². The molecular formula is C23H20N2O2. The van der Waals surface area contributed by atoms with E-state index >= 15 is 0 Å². The third-order valence-corrected chi connectivity index (χ3v) is 5.30. The highest BCUT2D eigenvalue weighted by Crippen LogP contribution is 2.39. The first kappa shape index (κ1) is 16.1. The zero-order chi connectivity index (χ0) is 18.4. The maximum Gasteiger partial charge on any atom is 0.356 e. The Morgan fingerprint density at radius 3 is 2.74 bits per heavy atom. The van der Waals surface area contributed by atoms with Crippen molar-refractivity contribution in [2.45, 2.75) is 26.3 Å². The molecule has 5 rings (SSSR count). The lowest BCUT2D eigenvalue weighted by atomic mass is 10.0. The Hall–Kier alpha value is -3.14. The number of aromatic nitrogens is 2. The maximum atomic E-state index is 12.5. The molecule has 0 saturated carbocycles. The lowest BCUT2D eigenvalue weighted by molar-refractivity contribution is 0.0520. The molecule has 3 heterocycles. The Kier molecular flexibility index (Phi) is 3.71. The molecule has 4 heteroatoms. The largest absolute Gasteiger partial charge is 0.461 e. The van der Waals surface area contributed by atoms with Crippen LogP contribution in [-0.4, -0.2) is 22.1 Å². The molecule has 134 valence electrons. The minimum absolute atomic E-state index is 0.338. The van der Waals surface area contributed by atoms with Gasteiger partial charge in [0, 0.05) is 22.9 Å². The van der Waals surface area contributed by atoms with Crippen LogP contribution in [0.25, 0.3) is 33.1 Å². The van der Waals surface area contributed by atoms with E-state index in [-0.39, 0.29) is 5.97 Å². The molecule has 27 heavy (non-hydrogen) atoms. The highest BCUT2D eigenvalue weighted by Gasteiger charge is 2.23. The summed E-state index contributed by atoms with van der Waals surface area (Å²) >= 11 is 0. The fourth-order valence-corrected chi connectivity index (χ4v) is 4.22. The van der Waals surface area contributed by atoms with Gasteiger partial charge in [0.15, 0.2) is 0 Å². The van der Waals surface area contributed by atoms with Crippen LogP contribution < -0.4 is 0 Å². The van der Waals surface area contributed by atoms with E-state index in [1.165, 1.54) is 16.5 Å². The number of benzene rings is 2. The fourth-order valence-electron chi connectivity index (χ4n) is 4.22. The van der Waals surface area contributed by atoms with Crippen LogP contribution in [0.1, 0.15) is 29.4 Å². The van der Waals surface area contributed by atoms with Gasteiger partial charge in [-0.1, -0.05) is 48.5 Å². The quantitative estimate of drug-likeness (QED) is 0.486. The molecule has 0 amide bonds. The molecule has 0 unspecified atom stereocenters. The second kappa shape index (κ2) is 6.23. The van der Waals surface area contributed by atoms with E-state index < -0.39 is 0 Å². The number of para-hydroxylation sites is 1. The summed E-state index contributed by atoms with van der Waals surface area (Å²) in [5, 5.41) is 2.26. The van der Waals surface area contributed by atoms with Crippen molar-refractivity contribution in [1.82, 2.24) is 9.55 Å². The van der Waals surface area contributed by atoms with Crippen molar-refractivity contribution in [1.29, 1.82) is 0 Å². The van der Waals surface area contributed by atoms with Gasteiger partial charge in [0.25, 0.3) is 0 Å². The average molecular weight is 356 g/mol. The lowest BCUT2D eigenvalue weighted by Gasteiger charge is -2.17. The van der Waals surface area contributed by atoms with Gasteiger partial charge in [-0.25, -0.2) is 9.78 Å². The molecule has 0 radical (unpaired) electrons. The molecule has 0 N–H and O–H groups in total. The minimum atomic E-state index is -0.372. The summed E-state index contributed by atoms with van der Waals surface area (Å²) in [6.07, 6.45) is 2.20. The summed E-state index contributed by atoms with van der Waals surface area (Å²) in [5.41, 5.74) is 5.98.